The predicted molar refractivity (Wildman–Crippen MR) is 149 cm³/mol. The van der Waals surface area contributed by atoms with Gasteiger partial charge in [0.15, 0.2) is 22.3 Å². The highest BCUT2D eigenvalue weighted by atomic mass is 32.1. The molecule has 1 aliphatic heterocycles. The Morgan fingerprint density at radius 3 is 2.60 bits per heavy atom. The molecule has 220 valence electrons. The van der Waals surface area contributed by atoms with Gasteiger partial charge in [0, 0.05) is 44.6 Å². The highest BCUT2D eigenvalue weighted by Gasteiger charge is 2.51. The van der Waals surface area contributed by atoms with Crippen LogP contribution >= 0.6 is 11.3 Å². The van der Waals surface area contributed by atoms with E-state index < -0.39 is 34.4 Å². The van der Waals surface area contributed by atoms with Gasteiger partial charge >= 0.3 is 0 Å². The van der Waals surface area contributed by atoms with Crippen molar-refractivity contribution in [1.82, 2.24) is 29.9 Å². The van der Waals surface area contributed by atoms with Crippen LogP contribution in [0.5, 0.6) is 5.75 Å². The minimum absolute atomic E-state index is 0.0515. The molecule has 0 unspecified atom stereocenters. The second-order valence-electron chi connectivity index (χ2n) is 10.6. The van der Waals surface area contributed by atoms with Crippen LogP contribution in [0, 0.1) is 11.6 Å². The van der Waals surface area contributed by atoms with E-state index in [9.17, 15) is 23.5 Å². The summed E-state index contributed by atoms with van der Waals surface area (Å²) in [5.41, 5.74) is -1.29. The molecule has 1 aromatic carbocycles. The average Bonchev–Trinajstić information content (AvgIpc) is 3.65. The third-order valence-electron chi connectivity index (χ3n) is 8.35. The summed E-state index contributed by atoms with van der Waals surface area (Å²) in [5.74, 6) is -1.17. The summed E-state index contributed by atoms with van der Waals surface area (Å²) < 4.78 is 34.5. The molecule has 14 heteroatoms. The fourth-order valence-corrected chi connectivity index (χ4v) is 6.94. The number of aromatic hydroxyl groups is 1. The number of rotatable bonds is 6. The van der Waals surface area contributed by atoms with Gasteiger partial charge in [-0.25, -0.2) is 8.78 Å². The molecule has 1 aliphatic carbocycles. The van der Waals surface area contributed by atoms with Crippen LogP contribution in [0.1, 0.15) is 78.2 Å². The largest absolute Gasteiger partial charge is 0.502 e. The average molecular weight is 598 g/mol. The molecule has 0 bridgehead atoms. The first kappa shape index (κ1) is 27.9. The Hall–Kier alpha value is -4.20. The molecule has 6 rings (SSSR count). The van der Waals surface area contributed by atoms with Crippen molar-refractivity contribution < 1.29 is 23.2 Å². The number of fused-ring (bicyclic) bond motifs is 1. The number of nitrogens with zero attached hydrogens (tertiary/aromatic N) is 7. The molecule has 1 fully saturated rings. The molecular formula is C28H29F2N7O4S. The summed E-state index contributed by atoms with van der Waals surface area (Å²) in [6.07, 6.45) is 4.85. The lowest BCUT2D eigenvalue weighted by Gasteiger charge is -2.56. The second-order valence-corrected chi connectivity index (χ2v) is 11.6. The van der Waals surface area contributed by atoms with Gasteiger partial charge in [0.1, 0.15) is 22.3 Å². The Morgan fingerprint density at radius 1 is 1.17 bits per heavy atom. The Morgan fingerprint density at radius 2 is 1.93 bits per heavy atom. The molecule has 1 amide bonds. The number of halogens is 2. The van der Waals surface area contributed by atoms with E-state index in [-0.39, 0.29) is 34.2 Å². The van der Waals surface area contributed by atoms with Crippen molar-refractivity contribution in [2.75, 3.05) is 18.6 Å². The third kappa shape index (κ3) is 4.44. The van der Waals surface area contributed by atoms with Gasteiger partial charge in [-0.1, -0.05) is 29.5 Å². The van der Waals surface area contributed by atoms with E-state index in [0.29, 0.717) is 55.4 Å². The molecule has 0 saturated heterocycles. The van der Waals surface area contributed by atoms with E-state index in [1.807, 2.05) is 25.9 Å². The first-order valence-electron chi connectivity index (χ1n) is 13.8. The van der Waals surface area contributed by atoms with Crippen molar-refractivity contribution in [3.63, 3.8) is 0 Å². The summed E-state index contributed by atoms with van der Waals surface area (Å²) in [6.45, 7) is 4.21. The van der Waals surface area contributed by atoms with Gasteiger partial charge in [0.25, 0.3) is 5.91 Å². The number of hydrogen-bond donors (Lipinski definition) is 1. The number of carbonyl (C=O) groups excluding carboxylic acids is 1. The van der Waals surface area contributed by atoms with Crippen LogP contribution in [0.15, 0.2) is 33.7 Å². The summed E-state index contributed by atoms with van der Waals surface area (Å²) in [7, 11) is 1.83. The highest BCUT2D eigenvalue weighted by molar-refractivity contribution is 7.14. The zero-order valence-corrected chi connectivity index (χ0v) is 24.1. The molecule has 1 spiro atoms. The van der Waals surface area contributed by atoms with Crippen molar-refractivity contribution in [2.24, 2.45) is 0 Å². The number of carbonyl (C=O) groups is 1. The maximum atomic E-state index is 14.2. The maximum absolute atomic E-state index is 14.2. The fraction of sp³-hybridized carbons (Fsp3) is 0.429. The quantitative estimate of drug-likeness (QED) is 0.351. The smallest absolute Gasteiger partial charge is 0.278 e. The Kier molecular flexibility index (Phi) is 7.03. The van der Waals surface area contributed by atoms with Crippen LogP contribution in [-0.4, -0.2) is 60.2 Å². The molecular weight excluding hydrogens is 568 g/mol. The number of amides is 1. The first-order valence-corrected chi connectivity index (χ1v) is 14.6. The topological polar surface area (TPSA) is 130 Å². The maximum Gasteiger partial charge on any atom is 0.278 e. The molecule has 4 heterocycles. The standard InChI is InChI=1S/C28H29F2N7O4S/c1-4-20-31-25(41-34-20)15-8-10-28(11-9-15)35(3)37-14-18(23(38)24(39)22(37)27(40)36(28)5-2)26-33-32-21(42-26)12-16-6-7-17(29)13-19(16)30/h6-7,13-15,39H,4-5,8-12H2,1-3H3. The lowest BCUT2D eigenvalue weighted by molar-refractivity contribution is 0.0107. The number of aryl methyl sites for hydroxylation is 1. The van der Waals surface area contributed by atoms with Crippen LogP contribution in [0.25, 0.3) is 10.6 Å². The SMILES string of the molecule is CCc1noc(C2CCC3(CC2)N(CC)C(=O)c2c(O)c(=O)c(-c4nnc(Cc5ccc(F)cc5F)s4)cn2N3C)n1. The van der Waals surface area contributed by atoms with Gasteiger partial charge in [-0.2, -0.15) is 4.98 Å². The highest BCUT2D eigenvalue weighted by Crippen LogP contribution is 2.45. The van der Waals surface area contributed by atoms with E-state index in [1.165, 1.54) is 16.9 Å². The zero-order chi connectivity index (χ0) is 29.8. The lowest BCUT2D eigenvalue weighted by Crippen LogP contribution is -2.70. The van der Waals surface area contributed by atoms with Crippen molar-refractivity contribution in [3.05, 3.63) is 74.2 Å². The van der Waals surface area contributed by atoms with E-state index in [2.05, 4.69) is 20.3 Å². The summed E-state index contributed by atoms with van der Waals surface area (Å²) in [6, 6.07) is 3.29. The number of aromatic nitrogens is 5. The van der Waals surface area contributed by atoms with Crippen LogP contribution in [0.2, 0.25) is 0 Å². The van der Waals surface area contributed by atoms with E-state index in [1.54, 1.807) is 4.90 Å². The normalized spacial score (nSPS) is 20.4. The summed E-state index contributed by atoms with van der Waals surface area (Å²) >= 11 is 1.06. The van der Waals surface area contributed by atoms with Crippen LogP contribution in [0.4, 0.5) is 8.78 Å². The predicted octanol–water partition coefficient (Wildman–Crippen LogP) is 3.98. The minimum atomic E-state index is -0.752. The van der Waals surface area contributed by atoms with Gasteiger partial charge in [0.2, 0.25) is 11.3 Å². The monoisotopic (exact) mass is 597 g/mol. The zero-order valence-electron chi connectivity index (χ0n) is 23.3. The van der Waals surface area contributed by atoms with Gasteiger partial charge in [-0.15, -0.1) is 10.2 Å². The van der Waals surface area contributed by atoms with Crippen molar-refractivity contribution in [1.29, 1.82) is 0 Å². The first-order chi connectivity index (χ1) is 20.2. The second kappa shape index (κ2) is 10.6. The van der Waals surface area contributed by atoms with E-state index in [0.717, 1.165) is 23.5 Å². The van der Waals surface area contributed by atoms with Gasteiger partial charge < -0.3 is 14.5 Å². The summed E-state index contributed by atoms with van der Waals surface area (Å²) in [5, 5.41) is 25.8. The Balaban J connectivity index is 1.34. The Labute approximate surface area is 243 Å². The van der Waals surface area contributed by atoms with Crippen LogP contribution < -0.4 is 10.4 Å². The number of pyridine rings is 1. The number of hydrogen-bond acceptors (Lipinski definition) is 10. The van der Waals surface area contributed by atoms with Gasteiger partial charge in [-0.3, -0.25) is 19.3 Å². The molecule has 1 N–H and O–H groups in total. The van der Waals surface area contributed by atoms with Crippen molar-refractivity contribution in [2.45, 2.75) is 64.0 Å². The summed E-state index contributed by atoms with van der Waals surface area (Å²) in [4.78, 5) is 33.3. The Bertz CT molecular complexity index is 1730. The fourth-order valence-electron chi connectivity index (χ4n) is 6.07. The van der Waals surface area contributed by atoms with Gasteiger partial charge in [0.05, 0.1) is 5.56 Å². The molecule has 3 aromatic heterocycles. The molecule has 0 atom stereocenters. The van der Waals surface area contributed by atoms with Crippen LogP contribution in [-0.2, 0) is 12.8 Å². The molecule has 11 nitrogen and oxygen atoms in total. The lowest BCUT2D eigenvalue weighted by atomic mass is 9.79. The van der Waals surface area contributed by atoms with E-state index in [4.69, 9.17) is 4.52 Å². The molecule has 1 saturated carbocycles. The van der Waals surface area contributed by atoms with Gasteiger partial charge in [-0.05, 0) is 44.2 Å². The molecule has 4 aromatic rings. The molecule has 2 aliphatic rings. The van der Waals surface area contributed by atoms with Crippen LogP contribution in [0.3, 0.4) is 0 Å². The number of benzene rings is 1. The molecule has 42 heavy (non-hydrogen) atoms. The molecule has 0 radical (unpaired) electrons. The third-order valence-corrected chi connectivity index (χ3v) is 9.30. The van der Waals surface area contributed by atoms with Crippen molar-refractivity contribution in [3.8, 4) is 16.3 Å². The minimum Gasteiger partial charge on any atom is -0.502 e. The van der Waals surface area contributed by atoms with Crippen molar-refractivity contribution >= 4 is 17.2 Å². The van der Waals surface area contributed by atoms with E-state index >= 15 is 0 Å².